The van der Waals surface area contributed by atoms with Crippen molar-refractivity contribution in [1.82, 2.24) is 29.3 Å². The number of unbranched alkanes of at least 4 members (excludes halogenated alkanes) is 2. The Labute approximate surface area is 253 Å². The van der Waals surface area contributed by atoms with E-state index in [0.29, 0.717) is 30.4 Å². The van der Waals surface area contributed by atoms with Crippen LogP contribution in [0.1, 0.15) is 51.5 Å². The van der Waals surface area contributed by atoms with Crippen molar-refractivity contribution in [3.63, 3.8) is 0 Å². The second kappa shape index (κ2) is 15.1. The summed E-state index contributed by atoms with van der Waals surface area (Å²) < 4.78 is 27.1. The van der Waals surface area contributed by atoms with E-state index in [2.05, 4.69) is 43.5 Å². The van der Waals surface area contributed by atoms with Crippen LogP contribution in [-0.4, -0.2) is 107 Å². The summed E-state index contributed by atoms with van der Waals surface area (Å²) in [5.74, 6) is 0.711. The van der Waals surface area contributed by atoms with Crippen molar-refractivity contribution >= 4 is 26.9 Å². The first-order valence-corrected chi connectivity index (χ1v) is 17.2. The van der Waals surface area contributed by atoms with Crippen molar-refractivity contribution in [3.05, 3.63) is 50.7 Å². The van der Waals surface area contributed by atoms with Crippen LogP contribution in [-0.2, 0) is 16.4 Å². The highest BCUT2D eigenvalue weighted by molar-refractivity contribution is 7.91. The zero-order valence-electron chi connectivity index (χ0n) is 25.7. The molecule has 12 nitrogen and oxygen atoms in total. The monoisotopic (exact) mass is 617 g/mol. The molecule has 1 aromatic carbocycles. The number of fused-ring (bicyclic) bond motifs is 1. The molecule has 3 N–H and O–H groups in total. The zero-order chi connectivity index (χ0) is 31.0. The maximum atomic E-state index is 12.8. The highest BCUT2D eigenvalue weighted by atomic mass is 32.2. The van der Waals surface area contributed by atoms with Crippen LogP contribution in [0, 0.1) is 6.92 Å². The molecular weight excluding hydrogens is 570 g/mol. The van der Waals surface area contributed by atoms with Crippen molar-refractivity contribution in [1.29, 1.82) is 0 Å². The van der Waals surface area contributed by atoms with E-state index in [4.69, 9.17) is 0 Å². The summed E-state index contributed by atoms with van der Waals surface area (Å²) in [6, 6.07) is 7.00. The molecule has 4 rings (SSSR count). The second-order valence-corrected chi connectivity index (χ2v) is 13.7. The number of benzene rings is 1. The third-order valence-corrected chi connectivity index (χ3v) is 9.88. The van der Waals surface area contributed by atoms with Gasteiger partial charge >= 0.3 is 5.69 Å². The van der Waals surface area contributed by atoms with Crippen LogP contribution in [0.15, 0.2) is 38.8 Å². The second-order valence-electron chi connectivity index (χ2n) is 11.6. The summed E-state index contributed by atoms with van der Waals surface area (Å²) >= 11 is 0. The van der Waals surface area contributed by atoms with Gasteiger partial charge in [0, 0.05) is 45.8 Å². The van der Waals surface area contributed by atoms with Gasteiger partial charge in [0.05, 0.1) is 23.3 Å². The van der Waals surface area contributed by atoms with Gasteiger partial charge in [0.1, 0.15) is 0 Å². The van der Waals surface area contributed by atoms with Crippen LogP contribution in [0.2, 0.25) is 0 Å². The molecular formula is C30H47N7O5S. The van der Waals surface area contributed by atoms with Gasteiger partial charge in [-0.15, -0.1) is 0 Å². The Balaban J connectivity index is 1.35. The lowest BCUT2D eigenvalue weighted by Crippen LogP contribution is -2.49. The molecule has 0 amide bonds. The first-order valence-electron chi connectivity index (χ1n) is 15.5. The number of aliphatic hydroxyl groups is 1. The summed E-state index contributed by atoms with van der Waals surface area (Å²) in [6.07, 6.45) is 3.76. The van der Waals surface area contributed by atoms with E-state index in [0.717, 1.165) is 70.5 Å². The Morgan fingerprint density at radius 1 is 0.930 bits per heavy atom. The van der Waals surface area contributed by atoms with Gasteiger partial charge in [-0.05, 0) is 44.9 Å². The van der Waals surface area contributed by atoms with Gasteiger partial charge in [0.2, 0.25) is 5.95 Å². The van der Waals surface area contributed by atoms with E-state index >= 15 is 0 Å². The number of aryl methyl sites for hydroxylation is 1. The molecule has 1 fully saturated rings. The molecule has 0 saturated carbocycles. The quantitative estimate of drug-likeness (QED) is 0.219. The number of nitrogens with one attached hydrogen (secondary N) is 2. The van der Waals surface area contributed by atoms with E-state index < -0.39 is 27.2 Å². The Morgan fingerprint density at radius 3 is 2.19 bits per heavy atom. The number of rotatable bonds is 16. The first kappa shape index (κ1) is 32.9. The third-order valence-electron chi connectivity index (χ3n) is 8.06. The minimum atomic E-state index is -3.30. The average molecular weight is 618 g/mol. The van der Waals surface area contributed by atoms with Gasteiger partial charge < -0.3 is 19.5 Å². The first-order chi connectivity index (χ1) is 20.6. The summed E-state index contributed by atoms with van der Waals surface area (Å²) in [4.78, 5) is 41.4. The van der Waals surface area contributed by atoms with E-state index in [1.54, 1.807) is 16.7 Å². The minimum absolute atomic E-state index is 0.119. The maximum absolute atomic E-state index is 12.8. The van der Waals surface area contributed by atoms with Crippen LogP contribution in [0.25, 0.3) is 11.2 Å². The number of aromatic nitrogens is 4. The molecule has 13 heteroatoms. The topological polar surface area (TPSA) is 148 Å². The van der Waals surface area contributed by atoms with Crippen molar-refractivity contribution in [2.75, 3.05) is 63.0 Å². The lowest BCUT2D eigenvalue weighted by molar-refractivity contribution is 0.0651. The van der Waals surface area contributed by atoms with Crippen molar-refractivity contribution in [3.8, 4) is 0 Å². The van der Waals surface area contributed by atoms with Gasteiger partial charge in [-0.1, -0.05) is 44.4 Å². The molecule has 1 unspecified atom stereocenters. The van der Waals surface area contributed by atoms with Crippen molar-refractivity contribution < 1.29 is 13.5 Å². The number of anilines is 1. The highest BCUT2D eigenvalue weighted by Crippen LogP contribution is 2.21. The molecule has 3 heterocycles. The van der Waals surface area contributed by atoms with Crippen molar-refractivity contribution in [2.45, 2.75) is 70.4 Å². The highest BCUT2D eigenvalue weighted by Gasteiger charge is 2.25. The van der Waals surface area contributed by atoms with Gasteiger partial charge in [0.15, 0.2) is 21.0 Å². The fraction of sp³-hybridized carbons (Fsp3) is 0.633. The van der Waals surface area contributed by atoms with Crippen LogP contribution in [0.5, 0.6) is 0 Å². The summed E-state index contributed by atoms with van der Waals surface area (Å²) in [6.45, 7) is 12.1. The average Bonchev–Trinajstić information content (AvgIpc) is 3.32. The van der Waals surface area contributed by atoms with E-state index in [-0.39, 0.29) is 23.5 Å². The fourth-order valence-electron chi connectivity index (χ4n) is 5.59. The number of H-pyrrole nitrogens is 2. The third kappa shape index (κ3) is 8.78. The minimum Gasteiger partial charge on any atom is -0.390 e. The molecule has 1 aliphatic heterocycles. The summed E-state index contributed by atoms with van der Waals surface area (Å²) in [5.41, 5.74) is 0.401. The number of aromatic amines is 2. The molecule has 2 aromatic heterocycles. The van der Waals surface area contributed by atoms with Crippen molar-refractivity contribution in [2.24, 2.45) is 0 Å². The molecule has 0 bridgehead atoms. The molecule has 238 valence electrons. The Morgan fingerprint density at radius 2 is 1.56 bits per heavy atom. The Hall–Kier alpha value is -3.00. The van der Waals surface area contributed by atoms with E-state index in [1.807, 2.05) is 19.1 Å². The molecule has 43 heavy (non-hydrogen) atoms. The maximum Gasteiger partial charge on any atom is 0.327 e. The predicted octanol–water partition coefficient (Wildman–Crippen LogP) is 1.97. The molecule has 0 spiro atoms. The number of nitrogens with zero attached hydrogens (tertiary/aromatic N) is 5. The van der Waals surface area contributed by atoms with Gasteiger partial charge in [-0.2, -0.15) is 4.98 Å². The number of β-amino-alcohol motifs (C(OH)–C–C–N with tert-alkyl or cyclic N) is 1. The lowest BCUT2D eigenvalue weighted by Gasteiger charge is -2.35. The standard InChI is InChI=1S/C30H47N7O5S/c1-4-6-14-36(15-7-5-2)30-32-27-26(28(39)33-29(40)31-27)37(30)22-24(38)21-35-18-16-34(17-19-35)13-8-20-43(41,42)25-11-9-23(3)10-12-25/h9-12,24,38H,4-8,13-22H2,1-3H3,(H2,31,33,39,40). The normalized spacial score (nSPS) is 15.7. The molecule has 1 saturated heterocycles. The smallest absolute Gasteiger partial charge is 0.327 e. The Kier molecular flexibility index (Phi) is 11.6. The van der Waals surface area contributed by atoms with Crippen LogP contribution in [0.3, 0.4) is 0 Å². The van der Waals surface area contributed by atoms with Gasteiger partial charge in [-0.3, -0.25) is 19.7 Å². The zero-order valence-corrected chi connectivity index (χ0v) is 26.5. The fourth-order valence-corrected chi connectivity index (χ4v) is 6.88. The number of sulfone groups is 1. The Bertz CT molecular complexity index is 1530. The van der Waals surface area contributed by atoms with Crippen LogP contribution < -0.4 is 16.1 Å². The number of piperazine rings is 1. The SMILES string of the molecule is CCCCN(CCCC)c1nc2[nH]c(=O)[nH]c(=O)c2n1CC(O)CN1CCN(CCCS(=O)(=O)c2ccc(C)cc2)CC1. The van der Waals surface area contributed by atoms with E-state index in [9.17, 15) is 23.1 Å². The number of hydrogen-bond donors (Lipinski definition) is 3. The van der Waals surface area contributed by atoms with E-state index in [1.165, 1.54) is 0 Å². The van der Waals surface area contributed by atoms with Gasteiger partial charge in [0.25, 0.3) is 5.56 Å². The molecule has 0 aliphatic carbocycles. The van der Waals surface area contributed by atoms with Gasteiger partial charge in [-0.25, -0.2) is 13.2 Å². The molecule has 1 aliphatic rings. The number of aliphatic hydroxyl groups excluding tert-OH is 1. The number of hydrogen-bond acceptors (Lipinski definition) is 9. The predicted molar refractivity (Wildman–Crippen MR) is 170 cm³/mol. The molecule has 3 aromatic rings. The summed E-state index contributed by atoms with van der Waals surface area (Å²) in [7, 11) is -3.30. The lowest BCUT2D eigenvalue weighted by atomic mass is 10.2. The largest absolute Gasteiger partial charge is 0.390 e. The number of imidazole rings is 1. The molecule has 1 atom stereocenters. The molecule has 0 radical (unpaired) electrons. The summed E-state index contributed by atoms with van der Waals surface area (Å²) in [5, 5.41) is 11.2. The van der Waals surface area contributed by atoms with Crippen LogP contribution >= 0.6 is 0 Å². The van der Waals surface area contributed by atoms with Crippen LogP contribution in [0.4, 0.5) is 5.95 Å².